The zero-order valence-corrected chi connectivity index (χ0v) is 10.8. The van der Waals surface area contributed by atoms with Crippen LogP contribution in [0.1, 0.15) is 21.6 Å². The highest BCUT2D eigenvalue weighted by Crippen LogP contribution is 2.17. The summed E-state index contributed by atoms with van der Waals surface area (Å²) in [6.07, 6.45) is 1.59. The molecule has 20 heavy (non-hydrogen) atoms. The van der Waals surface area contributed by atoms with Gasteiger partial charge in [0, 0.05) is 6.20 Å². The van der Waals surface area contributed by atoms with Crippen LogP contribution in [-0.4, -0.2) is 10.9 Å². The van der Waals surface area contributed by atoms with Gasteiger partial charge in [-0.15, -0.1) is 0 Å². The van der Waals surface area contributed by atoms with Crippen molar-refractivity contribution in [2.45, 2.75) is 13.5 Å². The van der Waals surface area contributed by atoms with Crippen LogP contribution in [0.15, 0.2) is 30.5 Å². The molecule has 0 unspecified atom stereocenters. The van der Waals surface area contributed by atoms with Crippen molar-refractivity contribution in [1.82, 2.24) is 10.3 Å². The number of benzene rings is 1. The van der Waals surface area contributed by atoms with Crippen LogP contribution in [0, 0.1) is 18.6 Å². The lowest BCUT2D eigenvalue weighted by molar-refractivity contribution is 0.0946. The minimum absolute atomic E-state index is 0.126. The van der Waals surface area contributed by atoms with Crippen LogP contribution in [0.4, 0.5) is 14.5 Å². The van der Waals surface area contributed by atoms with Gasteiger partial charge >= 0.3 is 0 Å². The van der Waals surface area contributed by atoms with Crippen molar-refractivity contribution in [2.75, 3.05) is 5.73 Å². The van der Waals surface area contributed by atoms with Crippen molar-refractivity contribution in [3.8, 4) is 0 Å². The van der Waals surface area contributed by atoms with Gasteiger partial charge < -0.3 is 11.1 Å². The lowest BCUT2D eigenvalue weighted by Crippen LogP contribution is -2.25. The number of aromatic nitrogens is 1. The Balaban J connectivity index is 2.15. The van der Waals surface area contributed by atoms with Gasteiger partial charge in [-0.05, 0) is 30.7 Å². The van der Waals surface area contributed by atoms with E-state index in [9.17, 15) is 13.6 Å². The number of hydrogen-bond donors (Lipinski definition) is 2. The molecule has 0 bridgehead atoms. The lowest BCUT2D eigenvalue weighted by Gasteiger charge is -2.08. The van der Waals surface area contributed by atoms with E-state index in [1.165, 1.54) is 0 Å². The second kappa shape index (κ2) is 5.64. The maximum Gasteiger partial charge on any atom is 0.254 e. The minimum Gasteiger partial charge on any atom is -0.396 e. The Kier molecular flexibility index (Phi) is 3.93. The highest BCUT2D eigenvalue weighted by atomic mass is 19.1. The minimum atomic E-state index is -0.929. The van der Waals surface area contributed by atoms with Crippen LogP contribution in [0.5, 0.6) is 0 Å². The molecule has 0 aliphatic heterocycles. The summed E-state index contributed by atoms with van der Waals surface area (Å²) in [5, 5.41) is 2.49. The van der Waals surface area contributed by atoms with E-state index >= 15 is 0 Å². The van der Waals surface area contributed by atoms with Crippen molar-refractivity contribution in [3.05, 3.63) is 58.9 Å². The van der Waals surface area contributed by atoms with Crippen molar-refractivity contribution >= 4 is 11.6 Å². The van der Waals surface area contributed by atoms with E-state index < -0.39 is 28.8 Å². The Morgan fingerprint density at radius 1 is 1.40 bits per heavy atom. The zero-order chi connectivity index (χ0) is 14.7. The summed E-state index contributed by atoms with van der Waals surface area (Å²) in [5.74, 6) is -2.43. The Morgan fingerprint density at radius 2 is 2.15 bits per heavy atom. The maximum atomic E-state index is 13.7. The smallest absolute Gasteiger partial charge is 0.254 e. The number of carbonyl (C=O) groups is 1. The van der Waals surface area contributed by atoms with Gasteiger partial charge in [-0.1, -0.05) is 6.07 Å². The third-order valence-electron chi connectivity index (χ3n) is 2.84. The molecule has 0 aliphatic rings. The average Bonchev–Trinajstić information content (AvgIpc) is 2.41. The fraction of sp³-hybridized carbons (Fsp3) is 0.143. The number of hydrogen-bond acceptors (Lipinski definition) is 3. The quantitative estimate of drug-likeness (QED) is 0.845. The SMILES string of the molecule is Cc1cccnc1CNC(=O)c1cc(F)cc(N)c1F. The van der Waals surface area contributed by atoms with Crippen molar-refractivity contribution in [3.63, 3.8) is 0 Å². The maximum absolute atomic E-state index is 13.7. The molecule has 104 valence electrons. The Labute approximate surface area is 114 Å². The molecule has 0 spiro atoms. The first kappa shape index (κ1) is 13.9. The first-order valence-electron chi connectivity index (χ1n) is 5.92. The molecule has 0 atom stereocenters. The van der Waals surface area contributed by atoms with E-state index in [0.717, 1.165) is 17.7 Å². The number of carbonyl (C=O) groups excluding carboxylic acids is 1. The summed E-state index contributed by atoms with van der Waals surface area (Å²) >= 11 is 0. The normalized spacial score (nSPS) is 10.3. The van der Waals surface area contributed by atoms with Crippen molar-refractivity contribution in [1.29, 1.82) is 0 Å². The van der Waals surface area contributed by atoms with Gasteiger partial charge in [0.2, 0.25) is 0 Å². The molecule has 0 saturated heterocycles. The number of aryl methyl sites for hydroxylation is 1. The third kappa shape index (κ3) is 2.90. The van der Waals surface area contributed by atoms with Crippen molar-refractivity contribution in [2.24, 2.45) is 0 Å². The molecule has 0 saturated carbocycles. The van der Waals surface area contributed by atoms with E-state index in [2.05, 4.69) is 10.3 Å². The van der Waals surface area contributed by atoms with E-state index in [1.807, 2.05) is 13.0 Å². The van der Waals surface area contributed by atoms with Gasteiger partial charge in [-0.3, -0.25) is 9.78 Å². The molecule has 0 radical (unpaired) electrons. The fourth-order valence-corrected chi connectivity index (χ4v) is 1.74. The summed E-state index contributed by atoms with van der Waals surface area (Å²) < 4.78 is 26.8. The molecule has 1 heterocycles. The monoisotopic (exact) mass is 277 g/mol. The number of rotatable bonds is 3. The van der Waals surface area contributed by atoms with E-state index in [4.69, 9.17) is 5.73 Å². The van der Waals surface area contributed by atoms with E-state index in [1.54, 1.807) is 12.3 Å². The summed E-state index contributed by atoms with van der Waals surface area (Å²) in [6.45, 7) is 1.97. The number of anilines is 1. The van der Waals surface area contributed by atoms with Crippen LogP contribution in [0.2, 0.25) is 0 Å². The highest BCUT2D eigenvalue weighted by molar-refractivity contribution is 5.95. The largest absolute Gasteiger partial charge is 0.396 e. The van der Waals surface area contributed by atoms with Gasteiger partial charge in [-0.25, -0.2) is 8.78 Å². The van der Waals surface area contributed by atoms with Crippen LogP contribution in [0.25, 0.3) is 0 Å². The highest BCUT2D eigenvalue weighted by Gasteiger charge is 2.16. The Hall–Kier alpha value is -2.50. The second-order valence-corrected chi connectivity index (χ2v) is 4.31. The van der Waals surface area contributed by atoms with Crippen molar-refractivity contribution < 1.29 is 13.6 Å². The first-order chi connectivity index (χ1) is 9.49. The number of nitrogen functional groups attached to an aromatic ring is 1. The molecule has 3 N–H and O–H groups in total. The van der Waals surface area contributed by atoms with Gasteiger partial charge in [0.1, 0.15) is 5.82 Å². The molecular weight excluding hydrogens is 264 g/mol. The fourth-order valence-electron chi connectivity index (χ4n) is 1.74. The molecule has 4 nitrogen and oxygen atoms in total. The predicted octanol–water partition coefficient (Wildman–Crippen LogP) is 2.18. The summed E-state index contributed by atoms with van der Waals surface area (Å²) in [7, 11) is 0. The van der Waals surface area contributed by atoms with E-state index in [0.29, 0.717) is 5.69 Å². The topological polar surface area (TPSA) is 68.0 Å². The number of halogens is 2. The zero-order valence-electron chi connectivity index (χ0n) is 10.8. The Morgan fingerprint density at radius 3 is 2.85 bits per heavy atom. The summed E-state index contributed by atoms with van der Waals surface area (Å²) in [6, 6.07) is 5.25. The first-order valence-corrected chi connectivity index (χ1v) is 5.92. The second-order valence-electron chi connectivity index (χ2n) is 4.31. The lowest BCUT2D eigenvalue weighted by atomic mass is 10.1. The Bertz CT molecular complexity index is 659. The number of nitrogens with zero attached hydrogens (tertiary/aromatic N) is 1. The van der Waals surface area contributed by atoms with Crippen LogP contribution >= 0.6 is 0 Å². The third-order valence-corrected chi connectivity index (χ3v) is 2.84. The average molecular weight is 277 g/mol. The summed E-state index contributed by atoms with van der Waals surface area (Å²) in [5.41, 5.74) is 6.02. The number of nitrogens with two attached hydrogens (primary N) is 1. The number of nitrogens with one attached hydrogen (secondary N) is 1. The molecule has 1 aromatic carbocycles. The van der Waals surface area contributed by atoms with Gasteiger partial charge in [0.25, 0.3) is 5.91 Å². The molecule has 0 fully saturated rings. The molecule has 6 heteroatoms. The standard InChI is InChI=1S/C14H13F2N3O/c1-8-3-2-4-18-12(8)7-19-14(20)10-5-9(15)6-11(17)13(10)16/h2-6H,7,17H2,1H3,(H,19,20). The van der Waals surface area contributed by atoms with Crippen LogP contribution < -0.4 is 11.1 Å². The summed E-state index contributed by atoms with van der Waals surface area (Å²) in [4.78, 5) is 15.9. The predicted molar refractivity (Wildman–Crippen MR) is 70.9 cm³/mol. The van der Waals surface area contributed by atoms with Crippen LogP contribution in [-0.2, 0) is 6.54 Å². The van der Waals surface area contributed by atoms with Crippen LogP contribution in [0.3, 0.4) is 0 Å². The van der Waals surface area contributed by atoms with E-state index in [-0.39, 0.29) is 6.54 Å². The number of amides is 1. The molecule has 1 aromatic heterocycles. The number of pyridine rings is 1. The van der Waals surface area contributed by atoms with Gasteiger partial charge in [0.15, 0.2) is 5.82 Å². The molecular formula is C14H13F2N3O. The molecule has 1 amide bonds. The molecule has 0 aliphatic carbocycles. The van der Waals surface area contributed by atoms with Gasteiger partial charge in [-0.2, -0.15) is 0 Å². The molecule has 2 rings (SSSR count). The van der Waals surface area contributed by atoms with Gasteiger partial charge in [0.05, 0.1) is 23.5 Å². The molecule has 2 aromatic rings.